The third kappa shape index (κ3) is 15.3. The highest BCUT2D eigenvalue weighted by molar-refractivity contribution is 8.11. The second kappa shape index (κ2) is 24.6. The molecule has 1 saturated heterocycles. The number of aldehydes is 2. The van der Waals surface area contributed by atoms with E-state index >= 15 is 0 Å². The van der Waals surface area contributed by atoms with Crippen molar-refractivity contribution in [1.82, 2.24) is 9.80 Å². The van der Waals surface area contributed by atoms with Crippen LogP contribution < -0.4 is 9.47 Å². The molecule has 1 fully saturated rings. The van der Waals surface area contributed by atoms with Crippen molar-refractivity contribution in [2.24, 2.45) is 4.99 Å². The molecular formula is C35H55N3O5S. The van der Waals surface area contributed by atoms with E-state index in [0.29, 0.717) is 31.7 Å². The predicted molar refractivity (Wildman–Crippen MR) is 185 cm³/mol. The van der Waals surface area contributed by atoms with Crippen LogP contribution in [0.5, 0.6) is 11.5 Å². The van der Waals surface area contributed by atoms with E-state index in [2.05, 4.69) is 61.3 Å². The van der Waals surface area contributed by atoms with Gasteiger partial charge in [0.2, 0.25) is 6.79 Å². The number of aryl methyl sites for hydroxylation is 1. The first-order chi connectivity index (χ1) is 21.4. The number of rotatable bonds is 18. The maximum Gasteiger partial charge on any atom is 0.231 e. The molecule has 0 bridgehead atoms. The fraction of sp³-hybridized carbons (Fsp3) is 0.600. The number of likely N-dealkylation sites (tertiary alicyclic amines) is 1. The van der Waals surface area contributed by atoms with Crippen LogP contribution in [0.1, 0.15) is 89.2 Å². The van der Waals surface area contributed by atoms with Crippen LogP contribution in [0.2, 0.25) is 0 Å². The number of benzene rings is 1. The van der Waals surface area contributed by atoms with Crippen LogP contribution in [0, 0.1) is 0 Å². The van der Waals surface area contributed by atoms with Crippen molar-refractivity contribution in [1.29, 1.82) is 0 Å². The molecule has 2 aliphatic heterocycles. The fourth-order valence-electron chi connectivity index (χ4n) is 5.30. The largest absolute Gasteiger partial charge is 0.454 e. The number of hydrogen-bond acceptors (Lipinski definition) is 9. The number of nitrogens with zero attached hydrogens (tertiary/aromatic N) is 3. The number of thioether (sulfide) groups is 1. The van der Waals surface area contributed by atoms with Crippen LogP contribution in [-0.2, 0) is 20.8 Å². The number of allylic oxidation sites excluding steroid dienone is 2. The third-order valence-electron chi connectivity index (χ3n) is 7.61. The second-order valence-electron chi connectivity index (χ2n) is 11.1. The number of carbonyl (C=O) groups excluding carboxylic acids is 3. The minimum Gasteiger partial charge on any atom is -0.454 e. The summed E-state index contributed by atoms with van der Waals surface area (Å²) in [7, 11) is 2.11. The van der Waals surface area contributed by atoms with Gasteiger partial charge in [-0.25, -0.2) is 0 Å². The Bertz CT molecular complexity index is 1050. The smallest absolute Gasteiger partial charge is 0.231 e. The highest BCUT2D eigenvalue weighted by atomic mass is 32.2. The minimum atomic E-state index is 0.305. The Morgan fingerprint density at radius 3 is 2.52 bits per heavy atom. The highest BCUT2D eigenvalue weighted by Gasteiger charge is 2.33. The van der Waals surface area contributed by atoms with Gasteiger partial charge in [-0.3, -0.25) is 14.7 Å². The summed E-state index contributed by atoms with van der Waals surface area (Å²) < 4.78 is 11.4. The Morgan fingerprint density at radius 1 is 1.14 bits per heavy atom. The Balaban J connectivity index is 0.000000538. The molecular weight excluding hydrogens is 574 g/mol. The van der Waals surface area contributed by atoms with Gasteiger partial charge in [0.05, 0.1) is 6.54 Å². The molecule has 8 nitrogen and oxygen atoms in total. The van der Waals surface area contributed by atoms with E-state index in [1.54, 1.807) is 18.5 Å². The molecule has 2 aliphatic rings. The standard InChI is InChI=1S/C24H32N2O3.C9H19NO.C2H4OS/c1-4-6-10-25-18(3)8-9-22-14-21(16-26(22)11-12-27)20-13-19(7-5-2)24-23(15-20)28-17-29-24;1-3-4-7-10(2)8-5-6-9-11;1-4-2-3/h4,6,10,12-13,15,21-22H,1,5,7-9,11,14,16-17H2,2-3H3;9H,3-8H2,1-2H3;2H,1H3/b10-6-,25-18?;;. The summed E-state index contributed by atoms with van der Waals surface area (Å²) in [4.78, 5) is 39.4. The Kier molecular flexibility index (Phi) is 21.9. The normalized spacial score (nSPS) is 17.5. The summed E-state index contributed by atoms with van der Waals surface area (Å²) in [6.45, 7) is 14.0. The van der Waals surface area contributed by atoms with E-state index in [1.165, 1.54) is 35.7 Å². The first-order valence-corrected chi connectivity index (χ1v) is 17.2. The predicted octanol–water partition coefficient (Wildman–Crippen LogP) is 6.90. The van der Waals surface area contributed by atoms with Gasteiger partial charge in [0, 0.05) is 30.9 Å². The maximum atomic E-state index is 11.2. The molecule has 9 heteroatoms. The van der Waals surface area contributed by atoms with Gasteiger partial charge in [0.15, 0.2) is 17.1 Å². The number of aliphatic imine (C=N–C) groups is 1. The lowest BCUT2D eigenvalue weighted by molar-refractivity contribution is -0.109. The van der Waals surface area contributed by atoms with E-state index in [-0.39, 0.29) is 0 Å². The second-order valence-corrected chi connectivity index (χ2v) is 11.8. The zero-order chi connectivity index (χ0) is 32.6. The summed E-state index contributed by atoms with van der Waals surface area (Å²) >= 11 is 1.18. The van der Waals surface area contributed by atoms with Crippen LogP contribution in [0.15, 0.2) is 42.1 Å². The van der Waals surface area contributed by atoms with Crippen molar-refractivity contribution in [3.8, 4) is 11.5 Å². The quantitative estimate of drug-likeness (QED) is 0.0750. The molecule has 0 amide bonds. The third-order valence-corrected chi connectivity index (χ3v) is 7.80. The number of hydrogen-bond donors (Lipinski definition) is 0. The van der Waals surface area contributed by atoms with Crippen LogP contribution in [0.25, 0.3) is 0 Å². The Labute approximate surface area is 270 Å². The van der Waals surface area contributed by atoms with Crippen molar-refractivity contribution < 1.29 is 23.9 Å². The van der Waals surface area contributed by atoms with Crippen LogP contribution in [0.4, 0.5) is 0 Å². The number of unbranched alkanes of at least 4 members (excludes halogenated alkanes) is 2. The molecule has 0 aromatic heterocycles. The van der Waals surface area contributed by atoms with Gasteiger partial charge in [0.25, 0.3) is 0 Å². The first kappa shape index (κ1) is 39.3. The number of carbonyl (C=O) groups is 3. The van der Waals surface area contributed by atoms with Crippen molar-refractivity contribution in [2.75, 3.05) is 46.3 Å². The van der Waals surface area contributed by atoms with Crippen molar-refractivity contribution >= 4 is 35.7 Å². The van der Waals surface area contributed by atoms with E-state index in [4.69, 9.17) is 14.3 Å². The van der Waals surface area contributed by atoms with Gasteiger partial charge in [-0.15, -0.1) is 0 Å². The molecule has 0 N–H and O–H groups in total. The molecule has 246 valence electrons. The highest BCUT2D eigenvalue weighted by Crippen LogP contribution is 2.42. The van der Waals surface area contributed by atoms with Gasteiger partial charge >= 0.3 is 0 Å². The molecule has 2 atom stereocenters. The molecule has 2 unspecified atom stereocenters. The first-order valence-electron chi connectivity index (χ1n) is 15.9. The molecule has 2 heterocycles. The van der Waals surface area contributed by atoms with Gasteiger partial charge < -0.3 is 24.0 Å². The van der Waals surface area contributed by atoms with E-state index in [0.717, 1.165) is 93.6 Å². The molecule has 0 spiro atoms. The van der Waals surface area contributed by atoms with Crippen LogP contribution in [0.3, 0.4) is 0 Å². The van der Waals surface area contributed by atoms with E-state index < -0.39 is 0 Å². The SMILES string of the molecule is C=C/C=C\N=C(C)CCC1CC(c2cc(CCC)c3c(c2)OCO3)CN1CC=O.CCCCN(C)CCCC=O.CSC=O. The van der Waals surface area contributed by atoms with Crippen molar-refractivity contribution in [3.63, 3.8) is 0 Å². The average molecular weight is 630 g/mol. The lowest BCUT2D eigenvalue weighted by Crippen LogP contribution is -2.31. The molecule has 1 aromatic carbocycles. The van der Waals surface area contributed by atoms with Gasteiger partial charge in [0.1, 0.15) is 12.6 Å². The zero-order valence-electron chi connectivity index (χ0n) is 27.7. The molecule has 0 aliphatic carbocycles. The molecule has 0 radical (unpaired) electrons. The molecule has 3 rings (SSSR count). The minimum absolute atomic E-state index is 0.305. The Morgan fingerprint density at radius 2 is 1.89 bits per heavy atom. The molecule has 44 heavy (non-hydrogen) atoms. The summed E-state index contributed by atoms with van der Waals surface area (Å²) in [5.74, 6) is 2.19. The van der Waals surface area contributed by atoms with Crippen molar-refractivity contribution in [3.05, 3.63) is 48.2 Å². The van der Waals surface area contributed by atoms with Gasteiger partial charge in [-0.2, -0.15) is 0 Å². The number of ether oxygens (including phenoxy) is 2. The fourth-order valence-corrected chi connectivity index (χ4v) is 5.30. The van der Waals surface area contributed by atoms with E-state index in [1.807, 2.05) is 6.08 Å². The number of fused-ring (bicyclic) bond motifs is 1. The summed E-state index contributed by atoms with van der Waals surface area (Å²) in [6, 6.07) is 4.81. The summed E-state index contributed by atoms with van der Waals surface area (Å²) in [5.41, 5.74) is 4.43. The van der Waals surface area contributed by atoms with Crippen LogP contribution >= 0.6 is 11.8 Å². The average Bonchev–Trinajstić information content (AvgIpc) is 3.67. The van der Waals surface area contributed by atoms with Gasteiger partial charge in [-0.05, 0) is 101 Å². The molecule has 1 aromatic rings. The lowest BCUT2D eigenvalue weighted by Gasteiger charge is -2.21. The topological polar surface area (TPSA) is 88.5 Å². The van der Waals surface area contributed by atoms with Gasteiger partial charge in [-0.1, -0.05) is 57.2 Å². The zero-order valence-corrected chi connectivity index (χ0v) is 28.5. The maximum absolute atomic E-state index is 11.2. The summed E-state index contributed by atoms with van der Waals surface area (Å²) in [5, 5.41) is 0. The molecule has 0 saturated carbocycles. The summed E-state index contributed by atoms with van der Waals surface area (Å²) in [6.07, 6.45) is 18.3. The monoisotopic (exact) mass is 629 g/mol. The van der Waals surface area contributed by atoms with Crippen LogP contribution in [-0.4, -0.2) is 86.0 Å². The lowest BCUT2D eigenvalue weighted by atomic mass is 9.92. The van der Waals surface area contributed by atoms with Crippen molar-refractivity contribution in [2.45, 2.75) is 90.5 Å². The van der Waals surface area contributed by atoms with E-state index in [9.17, 15) is 9.59 Å². The Hall–Kier alpha value is -2.75.